The van der Waals surface area contributed by atoms with Gasteiger partial charge in [0, 0.05) is 22.5 Å². The van der Waals surface area contributed by atoms with Crippen LogP contribution in [0.25, 0.3) is 0 Å². The monoisotopic (exact) mass is 441 g/mol. The lowest BCUT2D eigenvalue weighted by Crippen LogP contribution is -2.43. The number of rotatable bonds is 6. The second-order valence-electron chi connectivity index (χ2n) is 8.40. The van der Waals surface area contributed by atoms with Crippen LogP contribution in [0.15, 0.2) is 46.8 Å². The van der Waals surface area contributed by atoms with Crippen LogP contribution in [0.2, 0.25) is 0 Å². The molecule has 4 atom stereocenters. The number of nitrogens with one attached hydrogen (secondary N) is 1. The number of hydrogen-bond donors (Lipinski definition) is 1. The molecule has 0 spiro atoms. The van der Waals surface area contributed by atoms with Crippen molar-refractivity contribution in [2.45, 2.75) is 52.6 Å². The third-order valence-corrected chi connectivity index (χ3v) is 6.30. The average molecular weight is 442 g/mol. The first-order valence-corrected chi connectivity index (χ1v) is 10.9. The zero-order chi connectivity index (χ0) is 23.6. The van der Waals surface area contributed by atoms with E-state index >= 15 is 0 Å². The largest absolute Gasteiger partial charge is 0.496 e. The molecule has 32 heavy (non-hydrogen) atoms. The summed E-state index contributed by atoms with van der Waals surface area (Å²) in [6.07, 6.45) is 0.873. The van der Waals surface area contributed by atoms with Gasteiger partial charge in [-0.25, -0.2) is 4.79 Å². The van der Waals surface area contributed by atoms with E-state index < -0.39 is 23.8 Å². The van der Waals surface area contributed by atoms with E-state index in [9.17, 15) is 14.4 Å². The number of allylic oxidation sites excluding steroid dienone is 3. The van der Waals surface area contributed by atoms with Gasteiger partial charge in [-0.2, -0.15) is 0 Å². The van der Waals surface area contributed by atoms with E-state index in [0.29, 0.717) is 41.0 Å². The Bertz CT molecular complexity index is 992. The Morgan fingerprint density at radius 1 is 1.22 bits per heavy atom. The highest BCUT2D eigenvalue weighted by Gasteiger charge is 2.47. The van der Waals surface area contributed by atoms with Crippen LogP contribution in [0.5, 0.6) is 5.75 Å². The van der Waals surface area contributed by atoms with Gasteiger partial charge in [0.15, 0.2) is 5.78 Å². The number of ether oxygens (including phenoxy) is 3. The van der Waals surface area contributed by atoms with Gasteiger partial charge in [0.1, 0.15) is 11.7 Å². The number of esters is 2. The van der Waals surface area contributed by atoms with Crippen LogP contribution in [0, 0.1) is 11.8 Å². The van der Waals surface area contributed by atoms with Crippen molar-refractivity contribution in [2.24, 2.45) is 11.8 Å². The lowest BCUT2D eigenvalue weighted by atomic mass is 9.69. The molecule has 0 radical (unpaired) electrons. The number of benzene rings is 1. The summed E-state index contributed by atoms with van der Waals surface area (Å²) in [5, 5.41) is 3.26. The van der Waals surface area contributed by atoms with E-state index in [4.69, 9.17) is 14.2 Å². The molecule has 1 aliphatic carbocycles. The standard InChI is InChI=1S/C25H31NO6/c1-7-14(3)32-25(29)20-15(4)26-17-12-13(2)19(24(28)31-6)23(27)22(17)21(20)16-10-8-9-11-18(16)30-5/h8-11,13-14,19,21,26H,7,12H2,1-6H3/t13-,14+,19-,21-/m1/s1. The maximum absolute atomic E-state index is 13.7. The Morgan fingerprint density at radius 3 is 2.53 bits per heavy atom. The highest BCUT2D eigenvalue weighted by Crippen LogP contribution is 2.47. The summed E-state index contributed by atoms with van der Waals surface area (Å²) in [5.74, 6) is -2.73. The Kier molecular flexibility index (Phi) is 7.06. The number of carbonyl (C=O) groups excluding carboxylic acids is 3. The summed E-state index contributed by atoms with van der Waals surface area (Å²) in [6.45, 7) is 7.42. The van der Waals surface area contributed by atoms with Crippen LogP contribution in [0.3, 0.4) is 0 Å². The normalized spacial score (nSPS) is 23.8. The Hall–Kier alpha value is -3.09. The summed E-state index contributed by atoms with van der Waals surface area (Å²) in [5.41, 5.74) is 2.76. The molecule has 1 aromatic rings. The summed E-state index contributed by atoms with van der Waals surface area (Å²) in [7, 11) is 2.83. The third kappa shape index (κ3) is 4.16. The Labute approximate surface area is 188 Å². The van der Waals surface area contributed by atoms with Gasteiger partial charge in [-0.05, 0) is 38.7 Å². The molecule has 7 heteroatoms. The molecule has 0 bridgehead atoms. The van der Waals surface area contributed by atoms with Gasteiger partial charge in [-0.1, -0.05) is 32.0 Å². The number of ketones is 1. The molecule has 0 saturated heterocycles. The quantitative estimate of drug-likeness (QED) is 0.532. The number of hydrogen-bond acceptors (Lipinski definition) is 7. The highest BCUT2D eigenvalue weighted by atomic mass is 16.5. The fourth-order valence-corrected chi connectivity index (χ4v) is 4.50. The molecule has 0 unspecified atom stereocenters. The molecule has 7 nitrogen and oxygen atoms in total. The lowest BCUT2D eigenvalue weighted by molar-refractivity contribution is -0.151. The van der Waals surface area contributed by atoms with Crippen molar-refractivity contribution in [3.8, 4) is 5.75 Å². The molecule has 0 aromatic heterocycles. The summed E-state index contributed by atoms with van der Waals surface area (Å²) >= 11 is 0. The molecule has 0 fully saturated rings. The molecule has 172 valence electrons. The van der Waals surface area contributed by atoms with Crippen molar-refractivity contribution in [1.82, 2.24) is 5.32 Å². The fourth-order valence-electron chi connectivity index (χ4n) is 4.50. The smallest absolute Gasteiger partial charge is 0.337 e. The maximum atomic E-state index is 13.7. The number of methoxy groups -OCH3 is 2. The predicted octanol–water partition coefficient (Wildman–Crippen LogP) is 3.65. The lowest BCUT2D eigenvalue weighted by Gasteiger charge is -2.38. The molecule has 1 heterocycles. The van der Waals surface area contributed by atoms with Crippen LogP contribution in [-0.4, -0.2) is 38.0 Å². The van der Waals surface area contributed by atoms with Crippen molar-refractivity contribution in [2.75, 3.05) is 14.2 Å². The average Bonchev–Trinajstić information content (AvgIpc) is 2.77. The van der Waals surface area contributed by atoms with Crippen LogP contribution in [0.1, 0.15) is 52.0 Å². The second kappa shape index (κ2) is 9.59. The fraction of sp³-hybridized carbons (Fsp3) is 0.480. The van der Waals surface area contributed by atoms with E-state index in [2.05, 4.69) is 5.32 Å². The van der Waals surface area contributed by atoms with Crippen molar-refractivity contribution in [1.29, 1.82) is 0 Å². The van der Waals surface area contributed by atoms with E-state index in [0.717, 1.165) is 5.70 Å². The minimum Gasteiger partial charge on any atom is -0.496 e. The molecule has 1 N–H and O–H groups in total. The first-order valence-electron chi connectivity index (χ1n) is 10.9. The molecule has 0 saturated carbocycles. The first-order chi connectivity index (χ1) is 15.2. The maximum Gasteiger partial charge on any atom is 0.337 e. The first kappa shape index (κ1) is 23.6. The molecular weight excluding hydrogens is 410 g/mol. The highest BCUT2D eigenvalue weighted by molar-refractivity contribution is 6.12. The van der Waals surface area contributed by atoms with Crippen molar-refractivity contribution in [3.05, 3.63) is 52.4 Å². The van der Waals surface area contributed by atoms with Crippen LogP contribution in [-0.2, 0) is 23.9 Å². The minimum absolute atomic E-state index is 0.235. The SMILES string of the molecule is CC[C@H](C)OC(=O)C1=C(C)NC2=C(C(=O)[C@H](C(=O)OC)[C@H](C)C2)[C@@H]1c1ccccc1OC. The van der Waals surface area contributed by atoms with Crippen molar-refractivity contribution < 1.29 is 28.6 Å². The predicted molar refractivity (Wildman–Crippen MR) is 119 cm³/mol. The van der Waals surface area contributed by atoms with Crippen LogP contribution >= 0.6 is 0 Å². The molecular formula is C25H31NO6. The summed E-state index contributed by atoms with van der Waals surface area (Å²) in [4.78, 5) is 39.5. The topological polar surface area (TPSA) is 90.9 Å². The number of para-hydroxylation sites is 1. The Balaban J connectivity index is 2.21. The van der Waals surface area contributed by atoms with Gasteiger partial charge >= 0.3 is 11.9 Å². The van der Waals surface area contributed by atoms with E-state index in [1.54, 1.807) is 20.1 Å². The van der Waals surface area contributed by atoms with Crippen LogP contribution < -0.4 is 10.1 Å². The Morgan fingerprint density at radius 2 is 1.91 bits per heavy atom. The van der Waals surface area contributed by atoms with Gasteiger partial charge in [0.2, 0.25) is 0 Å². The van der Waals surface area contributed by atoms with Gasteiger partial charge in [-0.3, -0.25) is 9.59 Å². The van der Waals surface area contributed by atoms with Gasteiger partial charge in [-0.15, -0.1) is 0 Å². The van der Waals surface area contributed by atoms with Crippen molar-refractivity contribution >= 4 is 17.7 Å². The molecule has 3 rings (SSSR count). The van der Waals surface area contributed by atoms with Gasteiger partial charge in [0.05, 0.1) is 31.8 Å². The van der Waals surface area contributed by atoms with E-state index in [1.165, 1.54) is 7.11 Å². The van der Waals surface area contributed by atoms with Crippen LogP contribution in [0.4, 0.5) is 0 Å². The molecule has 2 aliphatic rings. The molecule has 1 aromatic carbocycles. The zero-order valence-electron chi connectivity index (χ0n) is 19.5. The van der Waals surface area contributed by atoms with Crippen molar-refractivity contribution in [3.63, 3.8) is 0 Å². The van der Waals surface area contributed by atoms with E-state index in [-0.39, 0.29) is 17.8 Å². The minimum atomic E-state index is -0.928. The third-order valence-electron chi connectivity index (χ3n) is 6.30. The second-order valence-corrected chi connectivity index (χ2v) is 8.40. The number of carbonyl (C=O) groups is 3. The molecule has 1 aliphatic heterocycles. The van der Waals surface area contributed by atoms with Gasteiger partial charge < -0.3 is 19.5 Å². The summed E-state index contributed by atoms with van der Waals surface area (Å²) in [6, 6.07) is 7.29. The number of dihydropyridines is 1. The van der Waals surface area contributed by atoms with E-state index in [1.807, 2.05) is 39.0 Å². The number of Topliss-reactive ketones (excluding diaryl/α,β-unsaturated/α-hetero) is 1. The summed E-state index contributed by atoms with van der Waals surface area (Å²) < 4.78 is 16.2. The zero-order valence-corrected chi connectivity index (χ0v) is 19.5. The van der Waals surface area contributed by atoms with Gasteiger partial charge in [0.25, 0.3) is 0 Å². The molecule has 0 amide bonds.